The van der Waals surface area contributed by atoms with Gasteiger partial charge in [-0.2, -0.15) is 0 Å². The molecule has 0 N–H and O–H groups in total. The highest BCUT2D eigenvalue weighted by Gasteiger charge is 2.53. The minimum atomic E-state index is 0.378. The summed E-state index contributed by atoms with van der Waals surface area (Å²) < 4.78 is 0. The highest BCUT2D eigenvalue weighted by molar-refractivity contribution is 5.04. The monoisotopic (exact) mass is 182 g/mol. The summed E-state index contributed by atoms with van der Waals surface area (Å²) in [5.41, 5.74) is 0.378. The van der Waals surface area contributed by atoms with Crippen LogP contribution >= 0.6 is 0 Å². The average molecular weight is 182 g/mol. The first-order chi connectivity index (χ1) is 6.07. The summed E-state index contributed by atoms with van der Waals surface area (Å²) in [5.74, 6) is 1.93. The molecule has 13 heavy (non-hydrogen) atoms. The van der Waals surface area contributed by atoms with E-state index in [1.165, 1.54) is 25.7 Å². The fraction of sp³-hybridized carbons (Fsp3) is 1.00. The molecular formula is C11H22N2. The molecule has 0 radical (unpaired) electrons. The van der Waals surface area contributed by atoms with Crippen molar-refractivity contribution in [3.05, 3.63) is 0 Å². The van der Waals surface area contributed by atoms with E-state index in [2.05, 4.69) is 38.0 Å². The van der Waals surface area contributed by atoms with Crippen LogP contribution in [0.25, 0.3) is 0 Å². The number of nitrogens with zero attached hydrogens (tertiary/aromatic N) is 2. The Morgan fingerprint density at radius 2 is 1.62 bits per heavy atom. The maximum atomic E-state index is 2.44. The summed E-state index contributed by atoms with van der Waals surface area (Å²) in [5, 5.41) is 0. The van der Waals surface area contributed by atoms with Crippen LogP contribution in [0.5, 0.6) is 0 Å². The van der Waals surface area contributed by atoms with Gasteiger partial charge in [0.1, 0.15) is 0 Å². The Morgan fingerprint density at radius 3 is 1.85 bits per heavy atom. The average Bonchev–Trinajstić information content (AvgIpc) is 2.61. The summed E-state index contributed by atoms with van der Waals surface area (Å²) in [4.78, 5) is 4.88. The Bertz CT molecular complexity index is 190. The molecule has 0 heterocycles. The molecule has 0 spiro atoms. The molecule has 2 heteroatoms. The summed E-state index contributed by atoms with van der Waals surface area (Å²) in [7, 11) is 8.95. The third-order valence-corrected chi connectivity index (χ3v) is 4.33. The molecule has 2 unspecified atom stereocenters. The van der Waals surface area contributed by atoms with Gasteiger partial charge < -0.3 is 0 Å². The summed E-state index contributed by atoms with van der Waals surface area (Å²) >= 11 is 0. The van der Waals surface area contributed by atoms with Crippen molar-refractivity contribution in [3.63, 3.8) is 0 Å². The maximum Gasteiger partial charge on any atom is 0.0759 e. The molecule has 2 fully saturated rings. The smallest absolute Gasteiger partial charge is 0.0759 e. The van der Waals surface area contributed by atoms with Gasteiger partial charge in [0.15, 0.2) is 0 Å². The molecule has 0 aromatic rings. The molecular weight excluding hydrogens is 160 g/mol. The fourth-order valence-corrected chi connectivity index (χ4v) is 3.77. The van der Waals surface area contributed by atoms with E-state index in [4.69, 9.17) is 0 Å². The quantitative estimate of drug-likeness (QED) is 0.599. The van der Waals surface area contributed by atoms with Crippen molar-refractivity contribution in [2.45, 2.75) is 31.3 Å². The molecule has 2 aliphatic rings. The number of fused-ring (bicyclic) bond motifs is 2. The number of hydrogen-bond donors (Lipinski definition) is 0. The molecule has 0 aromatic carbocycles. The van der Waals surface area contributed by atoms with E-state index in [0.717, 1.165) is 11.8 Å². The molecule has 2 saturated carbocycles. The van der Waals surface area contributed by atoms with Crippen LogP contribution in [0.1, 0.15) is 25.7 Å². The van der Waals surface area contributed by atoms with Gasteiger partial charge in [-0.15, -0.1) is 0 Å². The van der Waals surface area contributed by atoms with Crippen molar-refractivity contribution >= 4 is 0 Å². The topological polar surface area (TPSA) is 6.48 Å². The second-order valence-corrected chi connectivity index (χ2v) is 5.25. The van der Waals surface area contributed by atoms with Crippen molar-refractivity contribution in [3.8, 4) is 0 Å². The third-order valence-electron chi connectivity index (χ3n) is 4.33. The molecule has 0 saturated heterocycles. The zero-order valence-electron chi connectivity index (χ0n) is 9.38. The lowest BCUT2D eigenvalue weighted by atomic mass is 9.86. The van der Waals surface area contributed by atoms with Gasteiger partial charge in [0.25, 0.3) is 0 Å². The molecule has 2 atom stereocenters. The van der Waals surface area contributed by atoms with E-state index < -0.39 is 0 Å². The van der Waals surface area contributed by atoms with Gasteiger partial charge in [-0.25, -0.2) is 0 Å². The van der Waals surface area contributed by atoms with Gasteiger partial charge in [0.2, 0.25) is 0 Å². The molecule has 76 valence electrons. The lowest BCUT2D eigenvalue weighted by molar-refractivity contribution is -0.0439. The van der Waals surface area contributed by atoms with Crippen LogP contribution in [0.4, 0.5) is 0 Å². The van der Waals surface area contributed by atoms with Gasteiger partial charge in [-0.3, -0.25) is 9.80 Å². The summed E-state index contributed by atoms with van der Waals surface area (Å²) in [6, 6.07) is 0. The van der Waals surface area contributed by atoms with E-state index in [1.54, 1.807) is 0 Å². The summed E-state index contributed by atoms with van der Waals surface area (Å²) in [6.45, 7) is 0. The van der Waals surface area contributed by atoms with Gasteiger partial charge >= 0.3 is 0 Å². The molecule has 2 rings (SSSR count). The van der Waals surface area contributed by atoms with Crippen molar-refractivity contribution in [1.82, 2.24) is 9.80 Å². The van der Waals surface area contributed by atoms with Gasteiger partial charge in [0, 0.05) is 0 Å². The predicted molar refractivity (Wildman–Crippen MR) is 55.6 cm³/mol. The van der Waals surface area contributed by atoms with E-state index in [0.29, 0.717) is 5.66 Å². The first-order valence-electron chi connectivity index (χ1n) is 5.42. The zero-order chi connectivity index (χ0) is 9.64. The largest absolute Gasteiger partial charge is 0.291 e. The van der Waals surface area contributed by atoms with Crippen LogP contribution in [-0.2, 0) is 0 Å². The molecule has 2 aliphatic carbocycles. The van der Waals surface area contributed by atoms with Crippen molar-refractivity contribution in [2.24, 2.45) is 11.8 Å². The van der Waals surface area contributed by atoms with Crippen LogP contribution < -0.4 is 0 Å². The minimum absolute atomic E-state index is 0.378. The Balaban J connectivity index is 2.25. The highest BCUT2D eigenvalue weighted by atomic mass is 15.4. The predicted octanol–water partition coefficient (Wildman–Crippen LogP) is 1.63. The Hall–Kier alpha value is -0.0800. The van der Waals surface area contributed by atoms with E-state index >= 15 is 0 Å². The lowest BCUT2D eigenvalue weighted by Crippen LogP contribution is -2.58. The second-order valence-electron chi connectivity index (χ2n) is 5.25. The van der Waals surface area contributed by atoms with Gasteiger partial charge in [-0.1, -0.05) is 0 Å². The van der Waals surface area contributed by atoms with Gasteiger partial charge in [0.05, 0.1) is 5.66 Å². The Morgan fingerprint density at radius 1 is 1.00 bits per heavy atom. The van der Waals surface area contributed by atoms with E-state index in [1.807, 2.05) is 0 Å². The Labute approximate surface area is 81.9 Å². The van der Waals surface area contributed by atoms with Crippen LogP contribution in [-0.4, -0.2) is 43.7 Å². The first-order valence-corrected chi connectivity index (χ1v) is 5.42. The zero-order valence-corrected chi connectivity index (χ0v) is 9.38. The molecule has 2 nitrogen and oxygen atoms in total. The second kappa shape index (κ2) is 2.96. The van der Waals surface area contributed by atoms with Crippen molar-refractivity contribution < 1.29 is 0 Å². The number of hydrogen-bond acceptors (Lipinski definition) is 2. The fourth-order valence-electron chi connectivity index (χ4n) is 3.77. The van der Waals surface area contributed by atoms with Crippen LogP contribution in [0.3, 0.4) is 0 Å². The van der Waals surface area contributed by atoms with Crippen LogP contribution in [0.15, 0.2) is 0 Å². The first kappa shape index (κ1) is 9.47. The normalized spacial score (nSPS) is 36.5. The maximum absolute atomic E-state index is 2.44. The highest BCUT2D eigenvalue weighted by Crippen LogP contribution is 2.53. The SMILES string of the molecule is CN(C)C1(N(C)C)CC2CCC1C2. The molecule has 2 bridgehead atoms. The van der Waals surface area contributed by atoms with Crippen LogP contribution in [0.2, 0.25) is 0 Å². The van der Waals surface area contributed by atoms with Crippen molar-refractivity contribution in [1.29, 1.82) is 0 Å². The van der Waals surface area contributed by atoms with Crippen molar-refractivity contribution in [2.75, 3.05) is 28.2 Å². The molecule has 0 aromatic heterocycles. The van der Waals surface area contributed by atoms with E-state index in [-0.39, 0.29) is 0 Å². The third kappa shape index (κ3) is 1.15. The standard InChI is InChI=1S/C11H22N2/c1-12(2)11(13(3)4)8-9-5-6-10(11)7-9/h9-10H,5-8H2,1-4H3. The lowest BCUT2D eigenvalue weighted by Gasteiger charge is -2.48. The molecule has 0 aliphatic heterocycles. The Kier molecular flexibility index (Phi) is 2.16. The van der Waals surface area contributed by atoms with E-state index in [9.17, 15) is 0 Å². The molecule has 0 amide bonds. The van der Waals surface area contributed by atoms with Crippen LogP contribution in [0, 0.1) is 11.8 Å². The number of rotatable bonds is 2. The summed E-state index contributed by atoms with van der Waals surface area (Å²) in [6.07, 6.45) is 5.78. The van der Waals surface area contributed by atoms with Gasteiger partial charge in [-0.05, 0) is 65.7 Å². The minimum Gasteiger partial charge on any atom is -0.291 e.